The fraction of sp³-hybridized carbons (Fsp3) is 0.600. The Kier molecular flexibility index (Phi) is 5.67. The minimum Gasteiger partial charge on any atom is -0.496 e. The van der Waals surface area contributed by atoms with Crippen molar-refractivity contribution in [1.82, 2.24) is 4.90 Å². The highest BCUT2D eigenvalue weighted by atomic mass is 79.9. The van der Waals surface area contributed by atoms with E-state index in [2.05, 4.69) is 33.0 Å². The Bertz CT molecular complexity index is 411. The number of likely N-dealkylation sites (tertiary alicyclic amines) is 1. The second-order valence-corrected chi connectivity index (χ2v) is 5.98. The van der Waals surface area contributed by atoms with Crippen LogP contribution >= 0.6 is 15.9 Å². The molecule has 4 heteroatoms. The summed E-state index contributed by atoms with van der Waals surface area (Å²) in [6.45, 7) is 2.24. The van der Waals surface area contributed by atoms with Gasteiger partial charge >= 0.3 is 0 Å². The number of methoxy groups -OCH3 is 1. The standard InChI is InChI=1S/C15H22BrNO2/c1-19-15-7-6-12(9-14(15)16)10-17-8-4-2-3-5-13(17)11-18/h6-7,9,13,18H,2-5,8,10-11H2,1H3. The third-order valence-corrected chi connectivity index (χ3v) is 4.43. The molecular weight excluding hydrogens is 306 g/mol. The number of aliphatic hydroxyl groups excluding tert-OH is 1. The first kappa shape index (κ1) is 14.8. The number of nitrogens with zero attached hydrogens (tertiary/aromatic N) is 1. The van der Waals surface area contributed by atoms with E-state index in [1.54, 1.807) is 7.11 Å². The Morgan fingerprint density at radius 3 is 2.89 bits per heavy atom. The van der Waals surface area contributed by atoms with Crippen molar-refractivity contribution in [3.8, 4) is 5.75 Å². The summed E-state index contributed by atoms with van der Waals surface area (Å²) >= 11 is 3.53. The summed E-state index contributed by atoms with van der Waals surface area (Å²) in [5, 5.41) is 9.53. The Morgan fingerprint density at radius 1 is 1.37 bits per heavy atom. The molecule has 1 aromatic carbocycles. The molecule has 1 saturated heterocycles. The van der Waals surface area contributed by atoms with Crippen molar-refractivity contribution in [3.05, 3.63) is 28.2 Å². The molecule has 1 fully saturated rings. The lowest BCUT2D eigenvalue weighted by molar-refractivity contribution is 0.118. The third-order valence-electron chi connectivity index (χ3n) is 3.81. The highest BCUT2D eigenvalue weighted by Crippen LogP contribution is 2.27. The molecule has 0 amide bonds. The van der Waals surface area contributed by atoms with Gasteiger partial charge in [-0.3, -0.25) is 4.90 Å². The lowest BCUT2D eigenvalue weighted by Gasteiger charge is -2.28. The molecule has 0 saturated carbocycles. The SMILES string of the molecule is COc1ccc(CN2CCCCCC2CO)cc1Br. The molecule has 1 atom stereocenters. The molecule has 2 rings (SSSR count). The monoisotopic (exact) mass is 327 g/mol. The van der Waals surface area contributed by atoms with Gasteiger partial charge in [-0.15, -0.1) is 0 Å². The predicted octanol–water partition coefficient (Wildman–Crippen LogP) is 3.19. The molecule has 0 bridgehead atoms. The average molecular weight is 328 g/mol. The lowest BCUT2D eigenvalue weighted by atomic mass is 10.1. The molecule has 3 nitrogen and oxygen atoms in total. The molecule has 1 unspecified atom stereocenters. The number of halogens is 1. The maximum atomic E-state index is 9.53. The van der Waals surface area contributed by atoms with Gasteiger partial charge in [0.25, 0.3) is 0 Å². The lowest BCUT2D eigenvalue weighted by Crippen LogP contribution is -2.36. The summed E-state index contributed by atoms with van der Waals surface area (Å²) in [5.41, 5.74) is 1.26. The van der Waals surface area contributed by atoms with Crippen LogP contribution in [0.1, 0.15) is 31.2 Å². The van der Waals surface area contributed by atoms with Crippen LogP contribution in [0.5, 0.6) is 5.75 Å². The summed E-state index contributed by atoms with van der Waals surface area (Å²) < 4.78 is 6.24. The first-order valence-electron chi connectivity index (χ1n) is 6.92. The van der Waals surface area contributed by atoms with Gasteiger partial charge in [0.2, 0.25) is 0 Å². The van der Waals surface area contributed by atoms with Crippen molar-refractivity contribution in [2.45, 2.75) is 38.3 Å². The number of hydrogen-bond donors (Lipinski definition) is 1. The fourth-order valence-corrected chi connectivity index (χ4v) is 3.28. The normalized spacial score (nSPS) is 21.1. The van der Waals surface area contributed by atoms with Crippen LogP contribution in [0.4, 0.5) is 0 Å². The topological polar surface area (TPSA) is 32.7 Å². The number of aliphatic hydroxyl groups is 1. The van der Waals surface area contributed by atoms with E-state index in [1.165, 1.54) is 24.8 Å². The van der Waals surface area contributed by atoms with Crippen LogP contribution in [-0.2, 0) is 6.54 Å². The van der Waals surface area contributed by atoms with Crippen LogP contribution in [0, 0.1) is 0 Å². The fourth-order valence-electron chi connectivity index (χ4n) is 2.69. The summed E-state index contributed by atoms with van der Waals surface area (Å²) in [7, 11) is 1.68. The molecular formula is C15H22BrNO2. The van der Waals surface area contributed by atoms with Crippen LogP contribution < -0.4 is 4.74 Å². The van der Waals surface area contributed by atoms with Gasteiger partial charge < -0.3 is 9.84 Å². The van der Waals surface area contributed by atoms with E-state index < -0.39 is 0 Å². The largest absolute Gasteiger partial charge is 0.496 e. The van der Waals surface area contributed by atoms with Gasteiger partial charge in [0.1, 0.15) is 5.75 Å². The van der Waals surface area contributed by atoms with Gasteiger partial charge in [0, 0.05) is 12.6 Å². The van der Waals surface area contributed by atoms with Crippen molar-refractivity contribution < 1.29 is 9.84 Å². The Hall–Kier alpha value is -0.580. The minimum absolute atomic E-state index is 0.261. The van der Waals surface area contributed by atoms with Gasteiger partial charge in [0.05, 0.1) is 18.2 Å². The second kappa shape index (κ2) is 7.27. The highest BCUT2D eigenvalue weighted by molar-refractivity contribution is 9.10. The first-order valence-corrected chi connectivity index (χ1v) is 7.71. The zero-order valence-corrected chi connectivity index (χ0v) is 13.0. The average Bonchev–Trinajstić information content (AvgIpc) is 2.64. The maximum absolute atomic E-state index is 9.53. The van der Waals surface area contributed by atoms with E-state index in [0.29, 0.717) is 6.04 Å². The quantitative estimate of drug-likeness (QED) is 0.921. The van der Waals surface area contributed by atoms with Crippen LogP contribution in [-0.4, -0.2) is 36.3 Å². The molecule has 0 aliphatic carbocycles. The molecule has 19 heavy (non-hydrogen) atoms. The molecule has 1 heterocycles. The van der Waals surface area contributed by atoms with Crippen molar-refractivity contribution in [2.24, 2.45) is 0 Å². The minimum atomic E-state index is 0.261. The number of hydrogen-bond acceptors (Lipinski definition) is 3. The van der Waals surface area contributed by atoms with E-state index in [-0.39, 0.29) is 6.61 Å². The molecule has 106 valence electrons. The molecule has 1 aliphatic rings. The van der Waals surface area contributed by atoms with E-state index in [4.69, 9.17) is 4.74 Å². The molecule has 1 aromatic rings. The maximum Gasteiger partial charge on any atom is 0.133 e. The molecule has 0 spiro atoms. The van der Waals surface area contributed by atoms with Crippen LogP contribution in [0.2, 0.25) is 0 Å². The van der Waals surface area contributed by atoms with Crippen LogP contribution in [0.25, 0.3) is 0 Å². The van der Waals surface area contributed by atoms with E-state index in [9.17, 15) is 5.11 Å². The molecule has 0 radical (unpaired) electrons. The van der Waals surface area contributed by atoms with E-state index in [0.717, 1.165) is 29.7 Å². The highest BCUT2D eigenvalue weighted by Gasteiger charge is 2.20. The number of benzene rings is 1. The van der Waals surface area contributed by atoms with Gasteiger partial charge in [-0.05, 0) is 53.0 Å². The number of ether oxygens (including phenoxy) is 1. The summed E-state index contributed by atoms with van der Waals surface area (Å²) in [4.78, 5) is 2.40. The Balaban J connectivity index is 2.07. The van der Waals surface area contributed by atoms with Crippen molar-refractivity contribution in [2.75, 3.05) is 20.3 Å². The van der Waals surface area contributed by atoms with Gasteiger partial charge in [-0.1, -0.05) is 18.9 Å². The Morgan fingerprint density at radius 2 is 2.21 bits per heavy atom. The first-order chi connectivity index (χ1) is 9.24. The van der Waals surface area contributed by atoms with Gasteiger partial charge in [-0.2, -0.15) is 0 Å². The van der Waals surface area contributed by atoms with Crippen molar-refractivity contribution >= 4 is 15.9 Å². The smallest absolute Gasteiger partial charge is 0.133 e. The molecule has 1 N–H and O–H groups in total. The second-order valence-electron chi connectivity index (χ2n) is 5.13. The van der Waals surface area contributed by atoms with Gasteiger partial charge in [-0.25, -0.2) is 0 Å². The van der Waals surface area contributed by atoms with Crippen LogP contribution in [0.3, 0.4) is 0 Å². The van der Waals surface area contributed by atoms with E-state index in [1.807, 2.05) is 6.07 Å². The zero-order valence-electron chi connectivity index (χ0n) is 11.4. The van der Waals surface area contributed by atoms with Gasteiger partial charge in [0.15, 0.2) is 0 Å². The van der Waals surface area contributed by atoms with E-state index >= 15 is 0 Å². The molecule has 0 aromatic heterocycles. The summed E-state index contributed by atoms with van der Waals surface area (Å²) in [6, 6.07) is 6.51. The number of rotatable bonds is 4. The summed E-state index contributed by atoms with van der Waals surface area (Å²) in [6.07, 6.45) is 4.84. The third kappa shape index (κ3) is 3.94. The Labute approximate surface area is 123 Å². The zero-order chi connectivity index (χ0) is 13.7. The summed E-state index contributed by atoms with van der Waals surface area (Å²) in [5.74, 6) is 0.860. The van der Waals surface area contributed by atoms with Crippen LogP contribution in [0.15, 0.2) is 22.7 Å². The van der Waals surface area contributed by atoms with Crippen molar-refractivity contribution in [3.63, 3.8) is 0 Å². The van der Waals surface area contributed by atoms with Crippen molar-refractivity contribution in [1.29, 1.82) is 0 Å². The predicted molar refractivity (Wildman–Crippen MR) is 80.4 cm³/mol. The molecule has 1 aliphatic heterocycles.